The maximum Gasteiger partial charge on any atom is 0.234 e. The molecule has 1 fully saturated rings. The smallest absolute Gasteiger partial charge is 0.234 e. The van der Waals surface area contributed by atoms with Crippen molar-refractivity contribution in [2.75, 3.05) is 19.7 Å². The van der Waals surface area contributed by atoms with E-state index >= 15 is 0 Å². The maximum atomic E-state index is 11.7. The van der Waals surface area contributed by atoms with Crippen molar-refractivity contribution < 1.29 is 9.90 Å². The minimum absolute atomic E-state index is 0.0579. The van der Waals surface area contributed by atoms with Crippen molar-refractivity contribution in [3.63, 3.8) is 0 Å². The molecule has 4 heteroatoms. The first-order valence-corrected chi connectivity index (χ1v) is 6.19. The van der Waals surface area contributed by atoms with E-state index in [9.17, 15) is 9.90 Å². The van der Waals surface area contributed by atoms with Gasteiger partial charge >= 0.3 is 0 Å². The fraction of sp³-hybridized carbons (Fsp3) is 0.917. The molecular formula is C12H24N2O2. The predicted molar refractivity (Wildman–Crippen MR) is 64.1 cm³/mol. The van der Waals surface area contributed by atoms with Crippen LogP contribution in [-0.4, -0.2) is 47.7 Å². The Hall–Kier alpha value is -0.610. The second kappa shape index (κ2) is 6.21. The van der Waals surface area contributed by atoms with Gasteiger partial charge in [-0.1, -0.05) is 6.92 Å². The number of rotatable bonds is 4. The van der Waals surface area contributed by atoms with Crippen LogP contribution in [-0.2, 0) is 4.79 Å². The summed E-state index contributed by atoms with van der Waals surface area (Å²) in [6.07, 6.45) is 2.26. The lowest BCUT2D eigenvalue weighted by molar-refractivity contribution is -0.124. The molecule has 0 aromatic heterocycles. The molecule has 0 bridgehead atoms. The summed E-state index contributed by atoms with van der Waals surface area (Å²) in [5, 5.41) is 12.2. The number of aliphatic hydroxyl groups is 1. The zero-order valence-corrected chi connectivity index (χ0v) is 10.6. The third-order valence-corrected chi connectivity index (χ3v) is 3.21. The number of amides is 1. The van der Waals surface area contributed by atoms with Crippen molar-refractivity contribution in [2.45, 2.75) is 45.7 Å². The van der Waals surface area contributed by atoms with Gasteiger partial charge in [0, 0.05) is 12.1 Å². The average molecular weight is 228 g/mol. The molecule has 1 rings (SSSR count). The molecule has 1 heterocycles. The standard InChI is InChI=1S/C12H24N2O2/c1-9(2)13-12(16)7-14-6-4-5-10(3)11(14)8-15/h9-11,15H,4-8H2,1-3H3,(H,13,16). The van der Waals surface area contributed by atoms with Gasteiger partial charge in [-0.3, -0.25) is 9.69 Å². The highest BCUT2D eigenvalue weighted by Crippen LogP contribution is 2.22. The number of hydrogen-bond acceptors (Lipinski definition) is 3. The van der Waals surface area contributed by atoms with Gasteiger partial charge in [-0.15, -0.1) is 0 Å². The average Bonchev–Trinajstić information content (AvgIpc) is 2.16. The fourth-order valence-corrected chi connectivity index (χ4v) is 2.38. The highest BCUT2D eigenvalue weighted by atomic mass is 16.3. The molecule has 0 saturated carbocycles. The molecule has 1 aliphatic heterocycles. The van der Waals surface area contributed by atoms with Gasteiger partial charge in [0.1, 0.15) is 0 Å². The molecular weight excluding hydrogens is 204 g/mol. The molecule has 94 valence electrons. The monoisotopic (exact) mass is 228 g/mol. The van der Waals surface area contributed by atoms with Gasteiger partial charge in [-0.25, -0.2) is 0 Å². The van der Waals surface area contributed by atoms with E-state index in [-0.39, 0.29) is 24.6 Å². The van der Waals surface area contributed by atoms with Crippen LogP contribution in [0, 0.1) is 5.92 Å². The van der Waals surface area contributed by atoms with Crippen LogP contribution in [0.5, 0.6) is 0 Å². The third-order valence-electron chi connectivity index (χ3n) is 3.21. The molecule has 2 atom stereocenters. The SMILES string of the molecule is CC(C)NC(=O)CN1CCCC(C)C1CO. The summed E-state index contributed by atoms with van der Waals surface area (Å²) < 4.78 is 0. The van der Waals surface area contributed by atoms with Crippen molar-refractivity contribution in [3.8, 4) is 0 Å². The Labute approximate surface area is 98.0 Å². The predicted octanol–water partition coefficient (Wildman–Crippen LogP) is 0.604. The van der Waals surface area contributed by atoms with Crippen molar-refractivity contribution in [2.24, 2.45) is 5.92 Å². The lowest BCUT2D eigenvalue weighted by Gasteiger charge is -2.38. The topological polar surface area (TPSA) is 52.6 Å². The Morgan fingerprint density at radius 3 is 2.81 bits per heavy atom. The van der Waals surface area contributed by atoms with Gasteiger partial charge in [-0.2, -0.15) is 0 Å². The molecule has 2 unspecified atom stereocenters. The van der Waals surface area contributed by atoms with E-state index in [0.29, 0.717) is 12.5 Å². The highest BCUT2D eigenvalue weighted by molar-refractivity contribution is 5.78. The lowest BCUT2D eigenvalue weighted by Crippen LogP contribution is -2.51. The van der Waals surface area contributed by atoms with Crippen LogP contribution in [0.4, 0.5) is 0 Å². The van der Waals surface area contributed by atoms with Gasteiger partial charge in [0.05, 0.1) is 13.2 Å². The summed E-state index contributed by atoms with van der Waals surface area (Å²) >= 11 is 0. The fourth-order valence-electron chi connectivity index (χ4n) is 2.38. The zero-order valence-electron chi connectivity index (χ0n) is 10.6. The minimum Gasteiger partial charge on any atom is -0.395 e. The number of carbonyl (C=O) groups excluding carboxylic acids is 1. The molecule has 16 heavy (non-hydrogen) atoms. The molecule has 0 aromatic rings. The quantitative estimate of drug-likeness (QED) is 0.741. The van der Waals surface area contributed by atoms with Crippen LogP contribution in [0.25, 0.3) is 0 Å². The van der Waals surface area contributed by atoms with Crippen LogP contribution in [0.2, 0.25) is 0 Å². The highest BCUT2D eigenvalue weighted by Gasteiger charge is 2.28. The number of aliphatic hydroxyl groups excluding tert-OH is 1. The Kier molecular flexibility index (Phi) is 5.22. The van der Waals surface area contributed by atoms with Gasteiger partial charge in [0.15, 0.2) is 0 Å². The zero-order chi connectivity index (χ0) is 12.1. The first-order valence-electron chi connectivity index (χ1n) is 6.19. The molecule has 0 spiro atoms. The number of likely N-dealkylation sites (tertiary alicyclic amines) is 1. The van der Waals surface area contributed by atoms with E-state index in [1.165, 1.54) is 0 Å². The molecule has 1 saturated heterocycles. The second-order valence-electron chi connectivity index (χ2n) is 5.06. The Morgan fingerprint density at radius 1 is 1.56 bits per heavy atom. The van der Waals surface area contributed by atoms with E-state index in [2.05, 4.69) is 17.1 Å². The van der Waals surface area contributed by atoms with E-state index in [4.69, 9.17) is 0 Å². The Balaban J connectivity index is 2.47. The number of nitrogens with zero attached hydrogens (tertiary/aromatic N) is 1. The normalized spacial score (nSPS) is 27.1. The van der Waals surface area contributed by atoms with Crippen LogP contribution in [0.15, 0.2) is 0 Å². The van der Waals surface area contributed by atoms with Crippen molar-refractivity contribution in [1.82, 2.24) is 10.2 Å². The largest absolute Gasteiger partial charge is 0.395 e. The lowest BCUT2D eigenvalue weighted by atomic mass is 9.91. The van der Waals surface area contributed by atoms with Crippen molar-refractivity contribution in [3.05, 3.63) is 0 Å². The summed E-state index contributed by atoms with van der Waals surface area (Å²) in [5.74, 6) is 0.535. The van der Waals surface area contributed by atoms with Crippen LogP contribution < -0.4 is 5.32 Å². The van der Waals surface area contributed by atoms with Crippen molar-refractivity contribution >= 4 is 5.91 Å². The van der Waals surface area contributed by atoms with E-state index < -0.39 is 0 Å². The van der Waals surface area contributed by atoms with E-state index in [1.807, 2.05) is 13.8 Å². The number of carbonyl (C=O) groups is 1. The molecule has 0 radical (unpaired) electrons. The molecule has 1 amide bonds. The molecule has 0 aliphatic carbocycles. The molecule has 4 nitrogen and oxygen atoms in total. The summed E-state index contributed by atoms with van der Waals surface area (Å²) in [6, 6.07) is 0.328. The van der Waals surface area contributed by atoms with Gasteiger partial charge in [-0.05, 0) is 39.2 Å². The van der Waals surface area contributed by atoms with E-state index in [0.717, 1.165) is 19.4 Å². The minimum atomic E-state index is 0.0579. The first-order chi connectivity index (χ1) is 7.54. The molecule has 2 N–H and O–H groups in total. The van der Waals surface area contributed by atoms with Crippen molar-refractivity contribution in [1.29, 1.82) is 0 Å². The number of nitrogens with one attached hydrogen (secondary N) is 1. The second-order valence-corrected chi connectivity index (χ2v) is 5.06. The molecule has 1 aliphatic rings. The van der Waals surface area contributed by atoms with Gasteiger partial charge in [0.2, 0.25) is 5.91 Å². The van der Waals surface area contributed by atoms with Crippen LogP contribution >= 0.6 is 0 Å². The summed E-state index contributed by atoms with van der Waals surface area (Å²) in [7, 11) is 0. The summed E-state index contributed by atoms with van der Waals surface area (Å²) in [5.41, 5.74) is 0. The van der Waals surface area contributed by atoms with Gasteiger partial charge < -0.3 is 10.4 Å². The molecule has 0 aromatic carbocycles. The van der Waals surface area contributed by atoms with Crippen LogP contribution in [0.3, 0.4) is 0 Å². The Morgan fingerprint density at radius 2 is 2.25 bits per heavy atom. The van der Waals surface area contributed by atoms with E-state index in [1.54, 1.807) is 0 Å². The first kappa shape index (κ1) is 13.5. The number of piperidine rings is 1. The summed E-state index contributed by atoms with van der Waals surface area (Å²) in [4.78, 5) is 13.8. The van der Waals surface area contributed by atoms with Crippen LogP contribution in [0.1, 0.15) is 33.6 Å². The van der Waals surface area contributed by atoms with Gasteiger partial charge in [0.25, 0.3) is 0 Å². The third kappa shape index (κ3) is 3.76. The summed E-state index contributed by atoms with van der Waals surface area (Å²) in [6.45, 7) is 7.54. The number of hydrogen-bond donors (Lipinski definition) is 2. The Bertz CT molecular complexity index is 231. The maximum absolute atomic E-state index is 11.7.